The number of nitrogens with one attached hydrogen (secondary N) is 2. The van der Waals surface area contributed by atoms with E-state index in [1.165, 1.54) is 21.7 Å². The van der Waals surface area contributed by atoms with Crippen LogP contribution in [0.3, 0.4) is 0 Å². The highest BCUT2D eigenvalue weighted by atomic mass is 16.2. The summed E-state index contributed by atoms with van der Waals surface area (Å²) in [5, 5.41) is 7.30. The molecule has 1 aliphatic carbocycles. The van der Waals surface area contributed by atoms with E-state index in [-0.39, 0.29) is 23.2 Å². The van der Waals surface area contributed by atoms with Gasteiger partial charge in [0.25, 0.3) is 11.5 Å². The largest absolute Gasteiger partial charge is 0.344 e. The van der Waals surface area contributed by atoms with Gasteiger partial charge in [-0.25, -0.2) is 4.52 Å². The lowest BCUT2D eigenvalue weighted by Gasteiger charge is -2.26. The molecule has 0 aliphatic heterocycles. The van der Waals surface area contributed by atoms with Crippen molar-refractivity contribution < 1.29 is 4.79 Å². The first-order chi connectivity index (χ1) is 11.6. The van der Waals surface area contributed by atoms with Crippen molar-refractivity contribution >= 4 is 11.4 Å². The molecule has 4 rings (SSSR count). The Labute approximate surface area is 138 Å². The molecule has 3 aromatic rings. The third kappa shape index (κ3) is 2.50. The van der Waals surface area contributed by atoms with E-state index in [0.29, 0.717) is 11.2 Å². The van der Waals surface area contributed by atoms with Gasteiger partial charge in [0.2, 0.25) is 0 Å². The Bertz CT molecular complexity index is 986. The highest BCUT2D eigenvalue weighted by molar-refractivity contribution is 5.93. The van der Waals surface area contributed by atoms with Gasteiger partial charge in [-0.05, 0) is 37.3 Å². The van der Waals surface area contributed by atoms with E-state index in [1.54, 1.807) is 13.1 Å². The summed E-state index contributed by atoms with van der Waals surface area (Å²) in [6.07, 6.45) is 4.71. The van der Waals surface area contributed by atoms with Gasteiger partial charge in [0.15, 0.2) is 5.69 Å². The minimum absolute atomic E-state index is 0.00715. The van der Waals surface area contributed by atoms with Gasteiger partial charge >= 0.3 is 0 Å². The third-order valence-electron chi connectivity index (χ3n) is 4.50. The first-order valence-corrected chi connectivity index (χ1v) is 8.10. The second-order valence-corrected chi connectivity index (χ2v) is 6.24. The topological polar surface area (TPSA) is 79.3 Å². The monoisotopic (exact) mass is 322 g/mol. The van der Waals surface area contributed by atoms with Crippen LogP contribution in [-0.4, -0.2) is 20.5 Å². The van der Waals surface area contributed by atoms with Gasteiger partial charge in [-0.3, -0.25) is 9.59 Å². The molecule has 1 aliphatic rings. The summed E-state index contributed by atoms with van der Waals surface area (Å²) in [4.78, 5) is 27.2. The first kappa shape index (κ1) is 14.7. The molecule has 0 spiro atoms. The Kier molecular flexibility index (Phi) is 3.45. The van der Waals surface area contributed by atoms with Crippen LogP contribution in [0.1, 0.15) is 46.2 Å². The zero-order chi connectivity index (χ0) is 16.7. The Hall–Kier alpha value is -2.89. The van der Waals surface area contributed by atoms with Gasteiger partial charge < -0.3 is 10.3 Å². The predicted molar refractivity (Wildman–Crippen MR) is 90.1 cm³/mol. The second kappa shape index (κ2) is 5.63. The highest BCUT2D eigenvalue weighted by Gasteiger charge is 2.23. The number of aromatic amines is 1. The number of fused-ring (bicyclic) bond motifs is 2. The van der Waals surface area contributed by atoms with Crippen LogP contribution in [-0.2, 0) is 6.42 Å². The minimum Gasteiger partial charge on any atom is -0.344 e. The highest BCUT2D eigenvalue weighted by Crippen LogP contribution is 2.29. The van der Waals surface area contributed by atoms with E-state index < -0.39 is 0 Å². The van der Waals surface area contributed by atoms with Crippen molar-refractivity contribution in [1.29, 1.82) is 0 Å². The lowest BCUT2D eigenvalue weighted by atomic mass is 9.88. The molecule has 6 heteroatoms. The fourth-order valence-corrected chi connectivity index (χ4v) is 3.37. The van der Waals surface area contributed by atoms with Crippen LogP contribution < -0.4 is 10.9 Å². The van der Waals surface area contributed by atoms with E-state index in [1.807, 2.05) is 12.1 Å². The fraction of sp³-hybridized carbons (Fsp3) is 0.278. The average Bonchev–Trinajstić information content (AvgIpc) is 3.00. The van der Waals surface area contributed by atoms with Gasteiger partial charge in [0.05, 0.1) is 6.04 Å². The maximum absolute atomic E-state index is 12.6. The summed E-state index contributed by atoms with van der Waals surface area (Å²) in [6, 6.07) is 9.73. The molecule has 0 saturated heterocycles. The van der Waals surface area contributed by atoms with Gasteiger partial charge in [-0.15, -0.1) is 0 Å². The number of rotatable bonds is 2. The summed E-state index contributed by atoms with van der Waals surface area (Å²) in [5.41, 5.74) is 3.54. The molecule has 24 heavy (non-hydrogen) atoms. The summed E-state index contributed by atoms with van der Waals surface area (Å²) >= 11 is 0. The van der Waals surface area contributed by atoms with Gasteiger partial charge in [-0.1, -0.05) is 24.3 Å². The lowest BCUT2D eigenvalue weighted by molar-refractivity contribution is 0.0927. The molecule has 1 amide bonds. The number of carbonyl (C=O) groups excluding carboxylic acids is 1. The van der Waals surface area contributed by atoms with Crippen molar-refractivity contribution in [1.82, 2.24) is 19.9 Å². The van der Waals surface area contributed by atoms with E-state index in [0.717, 1.165) is 19.3 Å². The van der Waals surface area contributed by atoms with Crippen LogP contribution in [0.5, 0.6) is 0 Å². The molecule has 2 aromatic heterocycles. The number of aromatic nitrogens is 3. The van der Waals surface area contributed by atoms with Crippen LogP contribution in [0.4, 0.5) is 0 Å². The second-order valence-electron chi connectivity index (χ2n) is 6.24. The minimum atomic E-state index is -0.252. The molecule has 0 unspecified atom stereocenters. The number of hydrogen-bond donors (Lipinski definition) is 2. The molecule has 2 N–H and O–H groups in total. The van der Waals surface area contributed by atoms with E-state index >= 15 is 0 Å². The summed E-state index contributed by atoms with van der Waals surface area (Å²) < 4.78 is 1.46. The molecule has 6 nitrogen and oxygen atoms in total. The number of H-pyrrole nitrogens is 1. The number of nitrogens with zero attached hydrogens (tertiary/aromatic N) is 2. The molecule has 122 valence electrons. The maximum Gasteiger partial charge on any atom is 0.274 e. The molecular weight excluding hydrogens is 304 g/mol. The average molecular weight is 322 g/mol. The van der Waals surface area contributed by atoms with Crippen LogP contribution in [0, 0.1) is 6.92 Å². The zero-order valence-electron chi connectivity index (χ0n) is 13.4. The van der Waals surface area contributed by atoms with Gasteiger partial charge in [0.1, 0.15) is 5.52 Å². The van der Waals surface area contributed by atoms with Crippen molar-refractivity contribution in [3.63, 3.8) is 0 Å². The fourth-order valence-electron chi connectivity index (χ4n) is 3.37. The molecule has 0 bridgehead atoms. The van der Waals surface area contributed by atoms with Crippen LogP contribution >= 0.6 is 0 Å². The van der Waals surface area contributed by atoms with Crippen LogP contribution in [0.25, 0.3) is 5.52 Å². The quantitative estimate of drug-likeness (QED) is 0.758. The molecular formula is C18H18N4O2. The van der Waals surface area contributed by atoms with Crippen molar-refractivity contribution in [3.05, 3.63) is 69.4 Å². The molecule has 0 saturated carbocycles. The predicted octanol–water partition coefficient (Wildman–Crippen LogP) is 2.14. The Morgan fingerprint density at radius 1 is 1.38 bits per heavy atom. The number of amides is 1. The molecule has 0 fully saturated rings. The molecule has 1 aromatic carbocycles. The standard InChI is InChI=1S/C18H18N4O2/c1-11-10-22-16(18(24)19-11)9-15(21-22)17(23)20-14-8-4-6-12-5-2-3-7-13(12)14/h2-3,5,7,9-10,14H,4,6,8H2,1H3,(H,19,24)(H,20,23)/t14-/m1/s1. The Balaban J connectivity index is 1.64. The number of benzene rings is 1. The lowest BCUT2D eigenvalue weighted by Crippen LogP contribution is -2.31. The zero-order valence-corrected chi connectivity index (χ0v) is 13.4. The van der Waals surface area contributed by atoms with E-state index in [4.69, 9.17) is 0 Å². The summed E-state index contributed by atoms with van der Waals surface area (Å²) in [7, 11) is 0. The number of aryl methyl sites for hydroxylation is 2. The van der Waals surface area contributed by atoms with E-state index in [2.05, 4.69) is 27.5 Å². The molecule has 0 radical (unpaired) electrons. The van der Waals surface area contributed by atoms with Crippen LogP contribution in [0.15, 0.2) is 41.3 Å². The number of hydrogen-bond acceptors (Lipinski definition) is 3. The van der Waals surface area contributed by atoms with E-state index in [9.17, 15) is 9.59 Å². The van der Waals surface area contributed by atoms with Gasteiger partial charge in [-0.2, -0.15) is 5.10 Å². The van der Waals surface area contributed by atoms with Gasteiger partial charge in [0, 0.05) is 18.0 Å². The number of carbonyl (C=O) groups is 1. The summed E-state index contributed by atoms with van der Waals surface area (Å²) in [6.45, 7) is 1.78. The smallest absolute Gasteiger partial charge is 0.274 e. The van der Waals surface area contributed by atoms with Crippen molar-refractivity contribution in [2.45, 2.75) is 32.2 Å². The maximum atomic E-state index is 12.6. The molecule has 1 atom stereocenters. The summed E-state index contributed by atoms with van der Waals surface area (Å²) in [5.74, 6) is -0.252. The van der Waals surface area contributed by atoms with Crippen LogP contribution in [0.2, 0.25) is 0 Å². The van der Waals surface area contributed by atoms with Crippen molar-refractivity contribution in [2.75, 3.05) is 0 Å². The van der Waals surface area contributed by atoms with Crippen molar-refractivity contribution in [2.24, 2.45) is 0 Å². The third-order valence-corrected chi connectivity index (χ3v) is 4.50. The Morgan fingerprint density at radius 3 is 3.08 bits per heavy atom. The van der Waals surface area contributed by atoms with Crippen molar-refractivity contribution in [3.8, 4) is 0 Å². The Morgan fingerprint density at radius 2 is 2.21 bits per heavy atom. The SMILES string of the molecule is Cc1cn2nc(C(=O)N[C@@H]3CCCc4ccccc43)cc2c(=O)[nH]1. The first-order valence-electron chi connectivity index (χ1n) is 8.10. The normalized spacial score (nSPS) is 16.8. The molecule has 2 heterocycles.